The van der Waals surface area contributed by atoms with Crippen LogP contribution >= 0.6 is 23.2 Å². The molecule has 0 saturated heterocycles. The van der Waals surface area contributed by atoms with E-state index in [1.54, 1.807) is 49.4 Å². The molecule has 4 aromatic rings. The van der Waals surface area contributed by atoms with Crippen molar-refractivity contribution >= 4 is 46.1 Å². The van der Waals surface area contributed by atoms with Crippen LogP contribution in [0.2, 0.25) is 10.0 Å². The van der Waals surface area contributed by atoms with Crippen LogP contribution in [0.4, 0.5) is 0 Å². The zero-order valence-electron chi connectivity index (χ0n) is 20.5. The van der Waals surface area contributed by atoms with Crippen molar-refractivity contribution in [2.75, 3.05) is 0 Å². The number of amides is 1. The second kappa shape index (κ2) is 11.7. The van der Waals surface area contributed by atoms with Gasteiger partial charge in [0.05, 0.1) is 34.4 Å². The molecule has 0 bridgehead atoms. The molecule has 0 aliphatic heterocycles. The molecule has 0 radical (unpaired) electrons. The van der Waals surface area contributed by atoms with Gasteiger partial charge in [-0.2, -0.15) is 0 Å². The number of carbonyl (C=O) groups excluding carboxylic acids is 1. The number of halogens is 2. The number of carboxylic acids is 1. The first-order valence-corrected chi connectivity index (χ1v) is 12.8. The minimum absolute atomic E-state index is 0.203. The van der Waals surface area contributed by atoms with Gasteiger partial charge in [0.15, 0.2) is 0 Å². The number of hydrogen-bond acceptors (Lipinski definition) is 4. The number of aromatic nitrogens is 2. The van der Waals surface area contributed by atoms with E-state index in [-0.39, 0.29) is 11.9 Å². The smallest absolute Gasteiger partial charge is 0.306 e. The highest BCUT2D eigenvalue weighted by Crippen LogP contribution is 2.27. The number of fused-ring (bicyclic) bond motifs is 1. The number of carbonyl (C=O) groups is 2. The molecule has 0 aliphatic carbocycles. The summed E-state index contributed by atoms with van der Waals surface area (Å²) in [6.07, 6.45) is 1.73. The van der Waals surface area contributed by atoms with Gasteiger partial charge in [-0.15, -0.1) is 0 Å². The maximum atomic E-state index is 13.0. The molecular weight excluding hydrogens is 509 g/mol. The van der Waals surface area contributed by atoms with Crippen LogP contribution in [0.15, 0.2) is 66.7 Å². The standard InChI is InChI=1S/C29H27Cl2N3O3/c1-17(29(36)37)4-3-5-25-27(20-8-13-23(31)14-9-20)34-24-15-10-21(16-26(24)33-25)28(35)32-18(2)19-6-11-22(30)12-7-19/h6-18H,3-5H2,1-2H3,(H,32,35)(H,36,37). The number of nitrogens with one attached hydrogen (secondary N) is 1. The Bertz CT molecular complexity index is 1420. The highest BCUT2D eigenvalue weighted by molar-refractivity contribution is 6.30. The number of benzene rings is 3. The Labute approximate surface area is 225 Å². The van der Waals surface area contributed by atoms with Gasteiger partial charge < -0.3 is 10.4 Å². The molecule has 2 unspecified atom stereocenters. The van der Waals surface area contributed by atoms with Gasteiger partial charge in [0.2, 0.25) is 0 Å². The molecule has 8 heteroatoms. The van der Waals surface area contributed by atoms with Crippen molar-refractivity contribution in [2.24, 2.45) is 5.92 Å². The average Bonchev–Trinajstić information content (AvgIpc) is 2.88. The Morgan fingerprint density at radius 2 is 1.54 bits per heavy atom. The van der Waals surface area contributed by atoms with Gasteiger partial charge in [-0.1, -0.05) is 54.4 Å². The fourth-order valence-corrected chi connectivity index (χ4v) is 4.31. The Kier molecular flexibility index (Phi) is 8.41. The molecule has 0 aliphatic rings. The molecule has 0 spiro atoms. The summed E-state index contributed by atoms with van der Waals surface area (Å²) in [7, 11) is 0. The molecule has 2 N–H and O–H groups in total. The third-order valence-corrected chi connectivity index (χ3v) is 6.81. The van der Waals surface area contributed by atoms with Crippen LogP contribution in [0.5, 0.6) is 0 Å². The lowest BCUT2D eigenvalue weighted by molar-refractivity contribution is -0.141. The molecule has 0 fully saturated rings. The van der Waals surface area contributed by atoms with Crippen LogP contribution < -0.4 is 5.32 Å². The van der Waals surface area contributed by atoms with Crippen LogP contribution in [0.1, 0.15) is 54.3 Å². The first kappa shape index (κ1) is 26.6. The maximum Gasteiger partial charge on any atom is 0.306 e. The summed E-state index contributed by atoms with van der Waals surface area (Å²) < 4.78 is 0. The number of hydrogen-bond donors (Lipinski definition) is 2. The highest BCUT2D eigenvalue weighted by Gasteiger charge is 2.17. The lowest BCUT2D eigenvalue weighted by Gasteiger charge is -2.15. The SMILES string of the molecule is CC(CCCc1nc2cc(C(=O)NC(C)c3ccc(Cl)cc3)ccc2nc1-c1ccc(Cl)cc1)C(=O)O. The highest BCUT2D eigenvalue weighted by atomic mass is 35.5. The lowest BCUT2D eigenvalue weighted by Crippen LogP contribution is -2.26. The predicted octanol–water partition coefficient (Wildman–Crippen LogP) is 7.14. The minimum atomic E-state index is -0.814. The van der Waals surface area contributed by atoms with Crippen molar-refractivity contribution in [1.29, 1.82) is 0 Å². The first-order chi connectivity index (χ1) is 17.7. The summed E-state index contributed by atoms with van der Waals surface area (Å²) in [5.74, 6) is -1.47. The van der Waals surface area contributed by atoms with Crippen LogP contribution in [-0.4, -0.2) is 27.0 Å². The van der Waals surface area contributed by atoms with Crippen LogP contribution in [0.3, 0.4) is 0 Å². The molecule has 6 nitrogen and oxygen atoms in total. The van der Waals surface area contributed by atoms with E-state index in [2.05, 4.69) is 5.32 Å². The van der Waals surface area contributed by atoms with Crippen molar-refractivity contribution in [3.63, 3.8) is 0 Å². The molecule has 1 amide bonds. The summed E-state index contributed by atoms with van der Waals surface area (Å²) in [4.78, 5) is 34.0. The van der Waals surface area contributed by atoms with E-state index in [1.165, 1.54) is 0 Å². The van der Waals surface area contributed by atoms with Crippen molar-refractivity contribution in [3.05, 3.63) is 93.6 Å². The normalized spacial score (nSPS) is 12.8. The van der Waals surface area contributed by atoms with E-state index in [4.69, 9.17) is 33.2 Å². The Morgan fingerprint density at radius 1 is 0.892 bits per heavy atom. The predicted molar refractivity (Wildman–Crippen MR) is 147 cm³/mol. The molecule has 190 valence electrons. The molecule has 2 atom stereocenters. The zero-order valence-corrected chi connectivity index (χ0v) is 22.1. The van der Waals surface area contributed by atoms with Gasteiger partial charge in [-0.05, 0) is 74.2 Å². The maximum absolute atomic E-state index is 13.0. The number of aliphatic carboxylic acids is 1. The molecule has 3 aromatic carbocycles. The van der Waals surface area contributed by atoms with Crippen LogP contribution in [-0.2, 0) is 11.2 Å². The zero-order chi connectivity index (χ0) is 26.5. The van der Waals surface area contributed by atoms with Crippen molar-refractivity contribution in [2.45, 2.75) is 39.2 Å². The minimum Gasteiger partial charge on any atom is -0.481 e. The van der Waals surface area contributed by atoms with Crippen LogP contribution in [0, 0.1) is 5.92 Å². The molecule has 0 saturated carbocycles. The number of aryl methyl sites for hydroxylation is 1. The largest absolute Gasteiger partial charge is 0.481 e. The topological polar surface area (TPSA) is 92.2 Å². The fourth-order valence-electron chi connectivity index (χ4n) is 4.06. The van der Waals surface area contributed by atoms with E-state index in [0.717, 1.165) is 22.5 Å². The first-order valence-electron chi connectivity index (χ1n) is 12.1. The summed E-state index contributed by atoms with van der Waals surface area (Å²) >= 11 is 12.0. The number of rotatable bonds is 9. The van der Waals surface area contributed by atoms with E-state index < -0.39 is 11.9 Å². The van der Waals surface area contributed by atoms with E-state index in [1.807, 2.05) is 31.2 Å². The van der Waals surface area contributed by atoms with Crippen molar-refractivity contribution in [1.82, 2.24) is 15.3 Å². The summed E-state index contributed by atoms with van der Waals surface area (Å²) in [5, 5.41) is 13.5. The molecule has 1 heterocycles. The molecular formula is C29H27Cl2N3O3. The third kappa shape index (κ3) is 6.64. The van der Waals surface area contributed by atoms with E-state index in [9.17, 15) is 14.7 Å². The van der Waals surface area contributed by atoms with Gasteiger partial charge in [-0.25, -0.2) is 9.97 Å². The summed E-state index contributed by atoms with van der Waals surface area (Å²) in [5.41, 5.74) is 5.04. The van der Waals surface area contributed by atoms with Crippen LogP contribution in [0.25, 0.3) is 22.3 Å². The third-order valence-electron chi connectivity index (χ3n) is 6.31. The quantitative estimate of drug-likeness (QED) is 0.237. The van der Waals surface area contributed by atoms with Gasteiger partial charge in [0.25, 0.3) is 5.91 Å². The van der Waals surface area contributed by atoms with Crippen molar-refractivity contribution in [3.8, 4) is 11.3 Å². The van der Waals surface area contributed by atoms with Gasteiger partial charge in [0.1, 0.15) is 0 Å². The Balaban J connectivity index is 1.63. The van der Waals surface area contributed by atoms with E-state index >= 15 is 0 Å². The van der Waals surface area contributed by atoms with E-state index in [0.29, 0.717) is 45.9 Å². The summed E-state index contributed by atoms with van der Waals surface area (Å²) in [6, 6.07) is 19.8. The monoisotopic (exact) mass is 535 g/mol. The van der Waals surface area contributed by atoms with Gasteiger partial charge >= 0.3 is 5.97 Å². The Morgan fingerprint density at radius 3 is 2.19 bits per heavy atom. The number of nitrogens with zero attached hydrogens (tertiary/aromatic N) is 2. The van der Waals surface area contributed by atoms with Gasteiger partial charge in [-0.3, -0.25) is 9.59 Å². The Hall–Kier alpha value is -3.48. The number of carboxylic acid groups (broad SMARTS) is 1. The average molecular weight is 536 g/mol. The molecule has 37 heavy (non-hydrogen) atoms. The second-order valence-corrected chi connectivity index (χ2v) is 9.98. The molecule has 4 rings (SSSR count). The summed E-state index contributed by atoms with van der Waals surface area (Å²) in [6.45, 7) is 3.61. The van der Waals surface area contributed by atoms with Gasteiger partial charge in [0, 0.05) is 21.2 Å². The lowest BCUT2D eigenvalue weighted by atomic mass is 10.0. The van der Waals surface area contributed by atoms with Crippen molar-refractivity contribution < 1.29 is 14.7 Å². The second-order valence-electron chi connectivity index (χ2n) is 9.11. The molecule has 1 aromatic heterocycles. The fraction of sp³-hybridized carbons (Fsp3) is 0.241.